The van der Waals surface area contributed by atoms with E-state index in [1.54, 1.807) is 6.08 Å². The number of carbonyl (C=O) groups excluding carboxylic acids is 1. The number of amides is 1. The molecule has 0 aromatic carbocycles. The minimum atomic E-state index is -1.79. The van der Waals surface area contributed by atoms with E-state index in [0.29, 0.717) is 6.42 Å². The summed E-state index contributed by atoms with van der Waals surface area (Å²) in [6.45, 7) is 2.74. The molecule has 0 aromatic rings. The second-order valence-corrected chi connectivity index (χ2v) is 18.6. The van der Waals surface area contributed by atoms with Crippen LogP contribution in [0, 0.1) is 0 Å². The Bertz CT molecular complexity index is 1310. The lowest BCUT2D eigenvalue weighted by Crippen LogP contribution is -2.65. The monoisotopic (exact) mass is 954 g/mol. The number of aliphatic hydroxyl groups is 8. The first kappa shape index (κ1) is 61.1. The zero-order valence-corrected chi connectivity index (χ0v) is 41.4. The lowest BCUT2D eigenvalue weighted by atomic mass is 9.97. The first-order valence-electron chi connectivity index (χ1n) is 26.4. The third kappa shape index (κ3) is 26.7. The van der Waals surface area contributed by atoms with Gasteiger partial charge in [0.25, 0.3) is 0 Å². The smallest absolute Gasteiger partial charge is 0.220 e. The predicted octanol–water partition coefficient (Wildman–Crippen LogP) is 7.27. The molecule has 0 saturated carbocycles. The van der Waals surface area contributed by atoms with Crippen molar-refractivity contribution in [2.45, 2.75) is 261 Å². The van der Waals surface area contributed by atoms with Crippen molar-refractivity contribution in [3.63, 3.8) is 0 Å². The Kier molecular flexibility index (Phi) is 36.1. The molecule has 0 radical (unpaired) electrons. The van der Waals surface area contributed by atoms with Gasteiger partial charge in [0.1, 0.15) is 48.8 Å². The molecule has 390 valence electrons. The van der Waals surface area contributed by atoms with Crippen molar-refractivity contribution in [2.75, 3.05) is 19.8 Å². The maximum absolute atomic E-state index is 13.2. The van der Waals surface area contributed by atoms with E-state index in [-0.39, 0.29) is 18.9 Å². The molecule has 0 bridgehead atoms. The van der Waals surface area contributed by atoms with Gasteiger partial charge in [-0.25, -0.2) is 0 Å². The average Bonchev–Trinajstić information content (AvgIpc) is 3.32. The Balaban J connectivity index is 1.82. The lowest BCUT2D eigenvalue weighted by molar-refractivity contribution is -0.359. The van der Waals surface area contributed by atoms with Crippen LogP contribution in [0.3, 0.4) is 0 Å². The van der Waals surface area contributed by atoms with E-state index in [0.717, 1.165) is 70.6 Å². The minimum absolute atomic E-state index is 0.255. The van der Waals surface area contributed by atoms with Gasteiger partial charge in [0.2, 0.25) is 5.91 Å². The van der Waals surface area contributed by atoms with Gasteiger partial charge < -0.3 is 65.1 Å². The second kappa shape index (κ2) is 39.6. The number of hydrogen-bond acceptors (Lipinski definition) is 13. The van der Waals surface area contributed by atoms with Crippen molar-refractivity contribution in [2.24, 2.45) is 0 Å². The molecule has 2 rings (SSSR count). The van der Waals surface area contributed by atoms with Crippen LogP contribution in [0.15, 0.2) is 48.6 Å². The first-order valence-corrected chi connectivity index (χ1v) is 26.4. The van der Waals surface area contributed by atoms with E-state index in [1.165, 1.54) is 89.9 Å². The third-order valence-electron chi connectivity index (χ3n) is 12.8. The molecule has 2 heterocycles. The highest BCUT2D eigenvalue weighted by molar-refractivity contribution is 5.76. The fourth-order valence-corrected chi connectivity index (χ4v) is 8.41. The molecule has 2 fully saturated rings. The summed E-state index contributed by atoms with van der Waals surface area (Å²) in [7, 11) is 0. The van der Waals surface area contributed by atoms with E-state index < -0.39 is 86.8 Å². The molecule has 2 saturated heterocycles. The second-order valence-electron chi connectivity index (χ2n) is 18.6. The summed E-state index contributed by atoms with van der Waals surface area (Å²) >= 11 is 0. The van der Waals surface area contributed by atoms with Crippen LogP contribution < -0.4 is 5.32 Å². The fraction of sp³-hybridized carbons (Fsp3) is 0.830. The summed E-state index contributed by atoms with van der Waals surface area (Å²) in [4.78, 5) is 13.2. The summed E-state index contributed by atoms with van der Waals surface area (Å²) in [5.74, 6) is -0.255. The third-order valence-corrected chi connectivity index (χ3v) is 12.8. The van der Waals surface area contributed by atoms with Crippen LogP contribution in [0.1, 0.15) is 187 Å². The van der Waals surface area contributed by atoms with Gasteiger partial charge in [0.05, 0.1) is 32.0 Å². The first-order chi connectivity index (χ1) is 32.6. The topological polar surface area (TPSA) is 228 Å². The summed E-state index contributed by atoms with van der Waals surface area (Å²) in [5, 5.41) is 86.7. The van der Waals surface area contributed by atoms with Crippen LogP contribution in [0.25, 0.3) is 0 Å². The number of allylic oxidation sites excluding steroid dienone is 7. The highest BCUT2D eigenvalue weighted by Gasteiger charge is 2.51. The quantitative estimate of drug-likeness (QED) is 0.0218. The van der Waals surface area contributed by atoms with Crippen LogP contribution in [0.5, 0.6) is 0 Å². The molecule has 67 heavy (non-hydrogen) atoms. The van der Waals surface area contributed by atoms with Crippen molar-refractivity contribution >= 4 is 5.91 Å². The lowest BCUT2D eigenvalue weighted by Gasteiger charge is -2.46. The number of hydrogen-bond donors (Lipinski definition) is 9. The number of aliphatic hydroxyl groups excluding tert-OH is 8. The Hall–Kier alpha value is -2.05. The SMILES string of the molecule is CCCCCCC/C=C\C/C=C\C/C=C\CCCCCCCCC(=O)NC(COC1OC(CO)C(OC2OC(CO)C(O)C(O)C2O)C(O)C1O)C(O)/C=C/CCCCCCCCCCCC. The van der Waals surface area contributed by atoms with Crippen molar-refractivity contribution in [1.29, 1.82) is 0 Å². The molecule has 14 heteroatoms. The van der Waals surface area contributed by atoms with E-state index in [1.807, 2.05) is 6.08 Å². The number of rotatable bonds is 40. The van der Waals surface area contributed by atoms with E-state index in [2.05, 4.69) is 55.6 Å². The van der Waals surface area contributed by atoms with Crippen LogP contribution in [-0.2, 0) is 23.7 Å². The molecule has 12 atom stereocenters. The van der Waals surface area contributed by atoms with Crippen LogP contribution in [0.4, 0.5) is 0 Å². The molecular weight excluding hydrogens is 859 g/mol. The van der Waals surface area contributed by atoms with Crippen LogP contribution >= 0.6 is 0 Å². The Morgan fingerprint density at radius 1 is 0.537 bits per heavy atom. The molecule has 14 nitrogen and oxygen atoms in total. The Morgan fingerprint density at radius 2 is 0.985 bits per heavy atom. The van der Waals surface area contributed by atoms with Gasteiger partial charge in [0.15, 0.2) is 12.6 Å². The van der Waals surface area contributed by atoms with Crippen molar-refractivity contribution in [1.82, 2.24) is 5.32 Å². The molecular formula is C53H95NO13. The van der Waals surface area contributed by atoms with Gasteiger partial charge >= 0.3 is 0 Å². The number of carbonyl (C=O) groups is 1. The zero-order valence-electron chi connectivity index (χ0n) is 41.4. The summed E-state index contributed by atoms with van der Waals surface area (Å²) in [5.41, 5.74) is 0. The van der Waals surface area contributed by atoms with Crippen molar-refractivity contribution in [3.8, 4) is 0 Å². The highest BCUT2D eigenvalue weighted by Crippen LogP contribution is 2.30. The number of nitrogens with one attached hydrogen (secondary N) is 1. The van der Waals surface area contributed by atoms with Gasteiger partial charge in [0, 0.05) is 6.42 Å². The molecule has 0 aliphatic carbocycles. The standard InChI is InChI=1S/C53H95NO13/c1-3-5-7-9-11-13-15-17-18-19-20-21-22-23-24-25-27-29-31-33-35-37-45(58)54-41(42(57)36-34-32-30-28-26-16-14-12-10-8-6-4-2)40-64-52-50(63)48(61)51(44(39-56)66-52)67-53-49(62)47(60)46(59)43(38-55)65-53/h15,17,19-20,22-23,34,36,41-44,46-53,55-57,59-63H,3-14,16,18,21,24-33,35,37-40H2,1-2H3,(H,54,58)/b17-15-,20-19-,23-22-,36-34+. The maximum Gasteiger partial charge on any atom is 0.220 e. The van der Waals surface area contributed by atoms with Crippen LogP contribution in [0.2, 0.25) is 0 Å². The average molecular weight is 954 g/mol. The fourth-order valence-electron chi connectivity index (χ4n) is 8.41. The zero-order chi connectivity index (χ0) is 48.9. The maximum atomic E-state index is 13.2. The van der Waals surface area contributed by atoms with Gasteiger partial charge in [-0.3, -0.25) is 4.79 Å². The van der Waals surface area contributed by atoms with Gasteiger partial charge in [-0.15, -0.1) is 0 Å². The predicted molar refractivity (Wildman–Crippen MR) is 263 cm³/mol. The van der Waals surface area contributed by atoms with E-state index >= 15 is 0 Å². The summed E-state index contributed by atoms with van der Waals surface area (Å²) < 4.78 is 22.7. The molecule has 9 N–H and O–H groups in total. The molecule has 12 unspecified atom stereocenters. The molecule has 2 aliphatic heterocycles. The summed E-state index contributed by atoms with van der Waals surface area (Å²) in [6, 6.07) is -0.921. The molecule has 0 aromatic heterocycles. The van der Waals surface area contributed by atoms with E-state index in [9.17, 15) is 45.6 Å². The highest BCUT2D eigenvalue weighted by atomic mass is 16.7. The molecule has 2 aliphatic rings. The van der Waals surface area contributed by atoms with Gasteiger partial charge in [-0.2, -0.15) is 0 Å². The van der Waals surface area contributed by atoms with Crippen molar-refractivity contribution < 1.29 is 64.6 Å². The number of unbranched alkanes of at least 4 members (excludes halogenated alkanes) is 21. The minimum Gasteiger partial charge on any atom is -0.394 e. The van der Waals surface area contributed by atoms with Gasteiger partial charge in [-0.05, 0) is 57.8 Å². The number of ether oxygens (including phenoxy) is 4. The normalized spacial score (nSPS) is 27.0. The Morgan fingerprint density at radius 3 is 1.51 bits per heavy atom. The molecule has 0 spiro atoms. The largest absolute Gasteiger partial charge is 0.394 e. The van der Waals surface area contributed by atoms with E-state index in [4.69, 9.17) is 18.9 Å². The van der Waals surface area contributed by atoms with Crippen molar-refractivity contribution in [3.05, 3.63) is 48.6 Å². The van der Waals surface area contributed by atoms with Crippen LogP contribution in [-0.4, -0.2) is 140 Å². The Labute approximate surface area is 403 Å². The molecule has 1 amide bonds. The summed E-state index contributed by atoms with van der Waals surface area (Å²) in [6.07, 6.45) is 30.0. The van der Waals surface area contributed by atoms with Gasteiger partial charge in [-0.1, -0.05) is 172 Å².